The molecular formula is C50H58F3N7O8S2. The molecule has 2 fully saturated rings. The number of nitriles is 1. The molecule has 3 atom stereocenters. The number of β-amino-alcohol motifs (C(OH)–C–C–N with tert-alkyl or cyclic N) is 1. The normalized spacial score (nSPS) is 17.4. The number of aromatic nitrogens is 1. The largest absolute Gasteiger partial charge is 0.494 e. The number of aliphatic hydroxyl groups excluding tert-OH is 1. The van der Waals surface area contributed by atoms with Crippen molar-refractivity contribution in [1.29, 1.82) is 5.26 Å². The molecule has 0 spiro atoms. The number of carbonyl (C=O) groups excluding carboxylic acids is 4. The molecule has 0 aliphatic carbocycles. The number of hydrogen-bond acceptors (Lipinski definition) is 12. The zero-order chi connectivity index (χ0) is 51.0. The standard InChI is InChI=1S/C50H58F3N7O8S2/c1-31-42(70-30-56-31)34-13-9-32(10-14-34)26-55-44(63)40-24-37(61)28-58(40)45(64)43(48(2,3)4)57-41(62)29-67-21-7-19-66-20-8-22-68-38-17-11-33(12-18-38)27-59-47(69)60(46(65)49(59,5)6)36-16-15-35(25-54)39(23-36)50(51,52)53/h9-18,23,30,37,40,43,61H,7-8,19-22,24,26-29H2,1-6H3,(H,55,63)(H,57,62)/t37-,40+,43?/m1/s1. The molecule has 4 amide bonds. The van der Waals surface area contributed by atoms with E-state index in [4.69, 9.17) is 26.4 Å². The van der Waals surface area contributed by atoms with E-state index in [1.165, 1.54) is 11.0 Å². The van der Waals surface area contributed by atoms with Crippen molar-refractivity contribution in [2.75, 3.05) is 44.5 Å². The average molecular weight is 1010 g/mol. The van der Waals surface area contributed by atoms with E-state index in [-0.39, 0.29) is 50.1 Å². The number of alkyl halides is 3. The molecule has 3 heterocycles. The SMILES string of the molecule is Cc1ncsc1-c1ccc(CNC(=O)[C@@H]2C[C@@H](O)CN2C(=O)C(NC(=O)COCCCOCCCOc2ccc(CN3C(=S)N(c4ccc(C#N)c(C(F)(F)F)c4)C(=O)C3(C)C)cc2)C(C)(C)C)cc1. The summed E-state index contributed by atoms with van der Waals surface area (Å²) >= 11 is 7.17. The number of ether oxygens (including phenoxy) is 3. The highest BCUT2D eigenvalue weighted by atomic mass is 32.1. The first-order valence-corrected chi connectivity index (χ1v) is 24.1. The van der Waals surface area contributed by atoms with E-state index in [9.17, 15) is 42.7 Å². The van der Waals surface area contributed by atoms with E-state index in [0.29, 0.717) is 38.4 Å². The number of nitrogens with one attached hydrogen (secondary N) is 2. The lowest BCUT2D eigenvalue weighted by Crippen LogP contribution is -2.58. The second-order valence-electron chi connectivity index (χ2n) is 18.7. The Morgan fingerprint density at radius 1 is 0.986 bits per heavy atom. The molecule has 20 heteroatoms. The van der Waals surface area contributed by atoms with Crippen molar-refractivity contribution in [3.63, 3.8) is 0 Å². The molecule has 0 radical (unpaired) electrons. The van der Waals surface area contributed by atoms with E-state index in [0.717, 1.165) is 44.3 Å². The predicted molar refractivity (Wildman–Crippen MR) is 260 cm³/mol. The van der Waals surface area contributed by atoms with Gasteiger partial charge in [0.05, 0.1) is 51.7 Å². The van der Waals surface area contributed by atoms with Gasteiger partial charge in [-0.1, -0.05) is 57.2 Å². The van der Waals surface area contributed by atoms with Crippen molar-refractivity contribution in [3.05, 3.63) is 100 Å². The maximum atomic E-state index is 13.9. The van der Waals surface area contributed by atoms with Crippen LogP contribution in [-0.2, 0) is 47.9 Å². The van der Waals surface area contributed by atoms with E-state index in [1.54, 1.807) is 53.8 Å². The number of halogens is 3. The molecule has 6 rings (SSSR count). The molecular weight excluding hydrogens is 948 g/mol. The number of aryl methyl sites for hydroxylation is 1. The van der Waals surface area contributed by atoms with Gasteiger partial charge in [-0.25, -0.2) is 4.98 Å². The van der Waals surface area contributed by atoms with Gasteiger partial charge in [-0.15, -0.1) is 11.3 Å². The van der Waals surface area contributed by atoms with Crippen molar-refractivity contribution < 1.29 is 51.7 Å². The monoisotopic (exact) mass is 1010 g/mol. The van der Waals surface area contributed by atoms with Gasteiger partial charge < -0.3 is 39.8 Å². The molecule has 0 saturated carbocycles. The number of aliphatic hydroxyl groups is 1. The van der Waals surface area contributed by atoms with E-state index in [2.05, 4.69) is 15.6 Å². The van der Waals surface area contributed by atoms with E-state index < -0.39 is 70.1 Å². The van der Waals surface area contributed by atoms with Crippen LogP contribution in [0, 0.1) is 23.7 Å². The molecule has 4 aromatic rings. The maximum Gasteiger partial charge on any atom is 0.417 e. The van der Waals surface area contributed by atoms with Crippen LogP contribution in [0.25, 0.3) is 10.4 Å². The van der Waals surface area contributed by atoms with Gasteiger partial charge in [0.2, 0.25) is 17.7 Å². The number of thiazole rings is 1. The number of hydrogen-bond donors (Lipinski definition) is 3. The fourth-order valence-corrected chi connectivity index (χ4v) is 9.36. The Kier molecular flexibility index (Phi) is 17.4. The zero-order valence-electron chi connectivity index (χ0n) is 39.9. The van der Waals surface area contributed by atoms with Gasteiger partial charge in [0.25, 0.3) is 5.91 Å². The number of rotatable bonds is 20. The number of benzene rings is 3. The van der Waals surface area contributed by atoms with Crippen LogP contribution in [0.3, 0.4) is 0 Å². The highest BCUT2D eigenvalue weighted by Gasteiger charge is 2.50. The second-order valence-corrected chi connectivity index (χ2v) is 19.9. The summed E-state index contributed by atoms with van der Waals surface area (Å²) in [6.07, 6.45) is -4.51. The Labute approximate surface area is 414 Å². The third-order valence-electron chi connectivity index (χ3n) is 12.0. The van der Waals surface area contributed by atoms with Gasteiger partial charge in [0, 0.05) is 52.3 Å². The van der Waals surface area contributed by atoms with Crippen LogP contribution >= 0.6 is 23.6 Å². The van der Waals surface area contributed by atoms with Crippen LogP contribution in [0.2, 0.25) is 0 Å². The third-order valence-corrected chi connectivity index (χ3v) is 13.4. The van der Waals surface area contributed by atoms with Crippen LogP contribution in [0.1, 0.15) is 81.8 Å². The fraction of sp³-hybridized carbons (Fsp3) is 0.460. The smallest absolute Gasteiger partial charge is 0.417 e. The summed E-state index contributed by atoms with van der Waals surface area (Å²) in [5.74, 6) is -1.24. The molecule has 15 nitrogen and oxygen atoms in total. The Balaban J connectivity index is 0.869. The molecule has 2 aliphatic heterocycles. The van der Waals surface area contributed by atoms with E-state index >= 15 is 0 Å². The second kappa shape index (κ2) is 22.8. The Morgan fingerprint density at radius 2 is 1.64 bits per heavy atom. The van der Waals surface area contributed by atoms with Crippen molar-refractivity contribution >= 4 is 58.0 Å². The summed E-state index contributed by atoms with van der Waals surface area (Å²) in [6, 6.07) is 17.7. The van der Waals surface area contributed by atoms with Gasteiger partial charge in [-0.2, -0.15) is 18.4 Å². The van der Waals surface area contributed by atoms with Crippen LogP contribution < -0.4 is 20.3 Å². The molecule has 3 aromatic carbocycles. The van der Waals surface area contributed by atoms with Gasteiger partial charge in [0.15, 0.2) is 5.11 Å². The number of nitrogens with zero attached hydrogens (tertiary/aromatic N) is 5. The fourth-order valence-electron chi connectivity index (χ4n) is 8.07. The molecule has 3 N–H and O–H groups in total. The number of amides is 4. The third kappa shape index (κ3) is 13.1. The summed E-state index contributed by atoms with van der Waals surface area (Å²) in [5, 5.41) is 25.5. The first kappa shape index (κ1) is 53.4. The zero-order valence-corrected chi connectivity index (χ0v) is 41.6. The van der Waals surface area contributed by atoms with Gasteiger partial charge in [0.1, 0.15) is 30.0 Å². The minimum absolute atomic E-state index is 0.0364. The van der Waals surface area contributed by atoms with Gasteiger partial charge >= 0.3 is 6.18 Å². The lowest BCUT2D eigenvalue weighted by molar-refractivity contribution is -0.144. The van der Waals surface area contributed by atoms with Crippen LogP contribution in [0.5, 0.6) is 5.75 Å². The summed E-state index contributed by atoms with van der Waals surface area (Å²) in [6.45, 7) is 12.2. The van der Waals surface area contributed by atoms with E-state index in [1.807, 2.05) is 64.1 Å². The van der Waals surface area contributed by atoms with Crippen LogP contribution in [0.15, 0.2) is 72.2 Å². The molecule has 2 saturated heterocycles. The van der Waals surface area contributed by atoms with Gasteiger partial charge in [-0.3, -0.25) is 24.1 Å². The molecule has 0 bridgehead atoms. The number of carbonyl (C=O) groups is 4. The minimum atomic E-state index is -4.79. The lowest BCUT2D eigenvalue weighted by atomic mass is 9.85. The predicted octanol–water partition coefficient (Wildman–Crippen LogP) is 6.92. The lowest BCUT2D eigenvalue weighted by Gasteiger charge is -2.35. The Hall–Kier alpha value is -5.98. The van der Waals surface area contributed by atoms with Crippen molar-refractivity contribution in [2.45, 2.75) is 104 Å². The van der Waals surface area contributed by atoms with Crippen molar-refractivity contribution in [2.24, 2.45) is 5.41 Å². The number of thiocarbonyl (C=S) groups is 1. The van der Waals surface area contributed by atoms with Crippen LogP contribution in [-0.4, -0.2) is 112 Å². The Morgan fingerprint density at radius 3 is 2.27 bits per heavy atom. The summed E-state index contributed by atoms with van der Waals surface area (Å²) in [5.41, 5.74) is 1.79. The summed E-state index contributed by atoms with van der Waals surface area (Å²) < 4.78 is 58.2. The quantitative estimate of drug-likeness (QED) is 0.0614. The topological polar surface area (TPSA) is 187 Å². The molecule has 1 unspecified atom stereocenters. The molecule has 2 aliphatic rings. The summed E-state index contributed by atoms with van der Waals surface area (Å²) in [7, 11) is 0. The van der Waals surface area contributed by atoms with Crippen molar-refractivity contribution in [3.8, 4) is 22.3 Å². The first-order valence-electron chi connectivity index (χ1n) is 22.8. The summed E-state index contributed by atoms with van der Waals surface area (Å²) in [4.78, 5) is 63.3. The van der Waals surface area contributed by atoms with Crippen molar-refractivity contribution in [1.82, 2.24) is 25.4 Å². The maximum absolute atomic E-state index is 13.9. The molecule has 374 valence electrons. The highest BCUT2D eigenvalue weighted by molar-refractivity contribution is 7.80. The molecule has 70 heavy (non-hydrogen) atoms. The number of anilines is 1. The minimum Gasteiger partial charge on any atom is -0.494 e. The first-order chi connectivity index (χ1) is 33.1. The van der Waals surface area contributed by atoms with Crippen LogP contribution in [0.4, 0.5) is 18.9 Å². The highest BCUT2D eigenvalue weighted by Crippen LogP contribution is 2.39. The number of likely N-dealkylation sites (tertiary alicyclic amines) is 1. The average Bonchev–Trinajstić information content (AvgIpc) is 3.98. The Bertz CT molecular complexity index is 2560. The molecule has 1 aromatic heterocycles. The van der Waals surface area contributed by atoms with Gasteiger partial charge in [-0.05, 0) is 91.8 Å².